The second-order valence-corrected chi connectivity index (χ2v) is 6.61. The normalized spacial score (nSPS) is 23.3. The lowest BCUT2D eigenvalue weighted by Gasteiger charge is -2.38. The zero-order chi connectivity index (χ0) is 18.0. The molecule has 1 amide bonds. The van der Waals surface area contributed by atoms with Crippen LogP contribution in [0.25, 0.3) is 0 Å². The van der Waals surface area contributed by atoms with Crippen molar-refractivity contribution in [3.05, 3.63) is 64.4 Å². The highest BCUT2D eigenvalue weighted by atomic mass is 35.5. The third-order valence-electron chi connectivity index (χ3n) is 4.13. The number of nitrogens with one attached hydrogen (secondary N) is 2. The Kier molecular flexibility index (Phi) is 5.06. The molecule has 2 aromatic rings. The molecule has 0 bridgehead atoms. The first-order chi connectivity index (χ1) is 11.9. The fourth-order valence-corrected chi connectivity index (χ4v) is 3.00. The average molecular weight is 364 g/mol. The van der Waals surface area contributed by atoms with Crippen LogP contribution in [-0.2, 0) is 10.3 Å². The van der Waals surface area contributed by atoms with Gasteiger partial charge >= 0.3 is 0 Å². The van der Waals surface area contributed by atoms with Crippen molar-refractivity contribution in [2.75, 3.05) is 18.4 Å². The molecule has 1 heterocycles. The SMILES string of the molecule is CC1(c2cccc(NC(=O)c3ccc(Cl)cc3F)c2)CNCC(N)O1. The van der Waals surface area contributed by atoms with E-state index in [2.05, 4.69) is 10.6 Å². The molecule has 0 aliphatic carbocycles. The molecule has 25 heavy (non-hydrogen) atoms. The van der Waals surface area contributed by atoms with Crippen LogP contribution in [0.15, 0.2) is 42.5 Å². The van der Waals surface area contributed by atoms with E-state index in [-0.39, 0.29) is 10.6 Å². The van der Waals surface area contributed by atoms with Gasteiger partial charge in [0, 0.05) is 23.8 Å². The Hall–Kier alpha value is -1.99. The van der Waals surface area contributed by atoms with Crippen LogP contribution in [0.2, 0.25) is 5.02 Å². The summed E-state index contributed by atoms with van der Waals surface area (Å²) in [5, 5.41) is 6.16. The maximum Gasteiger partial charge on any atom is 0.258 e. The summed E-state index contributed by atoms with van der Waals surface area (Å²) in [6.45, 7) is 3.12. The van der Waals surface area contributed by atoms with Gasteiger partial charge in [0.25, 0.3) is 5.91 Å². The predicted molar refractivity (Wildman–Crippen MR) is 95.1 cm³/mol. The van der Waals surface area contributed by atoms with Crippen molar-refractivity contribution in [3.63, 3.8) is 0 Å². The molecule has 0 spiro atoms. The van der Waals surface area contributed by atoms with Crippen molar-refractivity contribution in [2.45, 2.75) is 18.8 Å². The highest BCUT2D eigenvalue weighted by Crippen LogP contribution is 2.29. The Morgan fingerprint density at radius 1 is 1.40 bits per heavy atom. The molecule has 4 N–H and O–H groups in total. The lowest BCUT2D eigenvalue weighted by atomic mass is 9.94. The van der Waals surface area contributed by atoms with E-state index in [0.29, 0.717) is 18.8 Å². The van der Waals surface area contributed by atoms with Gasteiger partial charge in [0.1, 0.15) is 17.6 Å². The maximum atomic E-state index is 13.9. The highest BCUT2D eigenvalue weighted by molar-refractivity contribution is 6.30. The summed E-state index contributed by atoms with van der Waals surface area (Å²) < 4.78 is 19.8. The first-order valence-electron chi connectivity index (χ1n) is 7.88. The number of benzene rings is 2. The van der Waals surface area contributed by atoms with Gasteiger partial charge in [0.05, 0.1) is 5.56 Å². The van der Waals surface area contributed by atoms with Crippen molar-refractivity contribution in [2.24, 2.45) is 5.73 Å². The number of rotatable bonds is 3. The van der Waals surface area contributed by atoms with E-state index in [4.69, 9.17) is 22.1 Å². The number of hydrogen-bond donors (Lipinski definition) is 3. The summed E-state index contributed by atoms with van der Waals surface area (Å²) >= 11 is 5.71. The van der Waals surface area contributed by atoms with Crippen LogP contribution in [0, 0.1) is 5.82 Å². The third-order valence-corrected chi connectivity index (χ3v) is 4.36. The number of amides is 1. The minimum absolute atomic E-state index is 0.0707. The van der Waals surface area contributed by atoms with E-state index in [1.807, 2.05) is 13.0 Å². The largest absolute Gasteiger partial charge is 0.350 e. The minimum atomic E-state index is -0.668. The molecule has 1 aliphatic rings. The Bertz CT molecular complexity index is 802. The third kappa shape index (κ3) is 3.99. The molecule has 132 valence electrons. The summed E-state index contributed by atoms with van der Waals surface area (Å²) in [7, 11) is 0. The topological polar surface area (TPSA) is 76.4 Å². The summed E-state index contributed by atoms with van der Waals surface area (Å²) in [6.07, 6.45) is -0.403. The maximum absolute atomic E-state index is 13.9. The summed E-state index contributed by atoms with van der Waals surface area (Å²) in [5.41, 5.74) is 6.59. The van der Waals surface area contributed by atoms with Crippen LogP contribution in [-0.4, -0.2) is 25.2 Å². The van der Waals surface area contributed by atoms with Crippen molar-refractivity contribution < 1.29 is 13.9 Å². The van der Waals surface area contributed by atoms with Gasteiger partial charge in [-0.1, -0.05) is 23.7 Å². The van der Waals surface area contributed by atoms with Gasteiger partial charge in [-0.2, -0.15) is 0 Å². The fraction of sp³-hybridized carbons (Fsp3) is 0.278. The summed E-state index contributed by atoms with van der Waals surface area (Å²) in [5.74, 6) is -1.21. The molecule has 5 nitrogen and oxygen atoms in total. The summed E-state index contributed by atoms with van der Waals surface area (Å²) in [4.78, 5) is 12.3. The smallest absolute Gasteiger partial charge is 0.258 e. The van der Waals surface area contributed by atoms with Crippen LogP contribution in [0.1, 0.15) is 22.8 Å². The molecule has 2 unspecified atom stereocenters. The van der Waals surface area contributed by atoms with Crippen molar-refractivity contribution in [1.29, 1.82) is 0 Å². The quantitative estimate of drug-likeness (QED) is 0.783. The number of ether oxygens (including phenoxy) is 1. The van der Waals surface area contributed by atoms with Gasteiger partial charge in [0.15, 0.2) is 0 Å². The molecule has 0 saturated carbocycles. The molecule has 7 heteroatoms. The number of carbonyl (C=O) groups excluding carboxylic acids is 1. The van der Waals surface area contributed by atoms with E-state index >= 15 is 0 Å². The predicted octanol–water partition coefficient (Wildman–Crippen LogP) is 2.85. The van der Waals surface area contributed by atoms with E-state index < -0.39 is 23.6 Å². The minimum Gasteiger partial charge on any atom is -0.350 e. The molecular formula is C18H19ClFN3O2. The molecule has 0 radical (unpaired) electrons. The lowest BCUT2D eigenvalue weighted by Crippen LogP contribution is -2.53. The molecule has 2 aromatic carbocycles. The van der Waals surface area contributed by atoms with E-state index in [9.17, 15) is 9.18 Å². The zero-order valence-electron chi connectivity index (χ0n) is 13.7. The zero-order valence-corrected chi connectivity index (χ0v) is 14.4. The van der Waals surface area contributed by atoms with E-state index in [0.717, 1.165) is 11.6 Å². The first-order valence-corrected chi connectivity index (χ1v) is 8.26. The number of carbonyl (C=O) groups is 1. The van der Waals surface area contributed by atoms with Crippen molar-refractivity contribution in [3.8, 4) is 0 Å². The first kappa shape index (κ1) is 17.8. The molecular weight excluding hydrogens is 345 g/mol. The van der Waals surface area contributed by atoms with Gasteiger partial charge in [-0.15, -0.1) is 0 Å². The molecule has 2 atom stereocenters. The van der Waals surface area contributed by atoms with Gasteiger partial charge in [-0.25, -0.2) is 4.39 Å². The number of anilines is 1. The Morgan fingerprint density at radius 2 is 2.20 bits per heavy atom. The number of nitrogens with two attached hydrogens (primary N) is 1. The lowest BCUT2D eigenvalue weighted by molar-refractivity contribution is -0.107. The summed E-state index contributed by atoms with van der Waals surface area (Å²) in [6, 6.07) is 11.2. The fourth-order valence-electron chi connectivity index (χ4n) is 2.84. The average Bonchev–Trinajstić information content (AvgIpc) is 2.54. The number of halogens is 2. The Labute approximate surface area is 150 Å². The van der Waals surface area contributed by atoms with E-state index in [1.165, 1.54) is 12.1 Å². The molecule has 3 rings (SSSR count). The van der Waals surface area contributed by atoms with Crippen LogP contribution in [0.5, 0.6) is 0 Å². The second-order valence-electron chi connectivity index (χ2n) is 6.18. The Morgan fingerprint density at radius 3 is 2.92 bits per heavy atom. The number of hydrogen-bond acceptors (Lipinski definition) is 4. The molecule has 1 aliphatic heterocycles. The van der Waals surface area contributed by atoms with Crippen molar-refractivity contribution in [1.82, 2.24) is 5.32 Å². The van der Waals surface area contributed by atoms with Gasteiger partial charge < -0.3 is 21.1 Å². The highest BCUT2D eigenvalue weighted by Gasteiger charge is 2.33. The van der Waals surface area contributed by atoms with Gasteiger partial charge in [-0.3, -0.25) is 4.79 Å². The van der Waals surface area contributed by atoms with E-state index in [1.54, 1.807) is 18.2 Å². The standard InChI is InChI=1S/C18H19ClFN3O2/c1-18(10-22-9-16(21)25-18)11-3-2-4-13(7-11)23-17(24)14-6-5-12(19)8-15(14)20/h2-8,16,22H,9-10,21H2,1H3,(H,23,24). The van der Waals surface area contributed by atoms with Gasteiger partial charge in [0.2, 0.25) is 0 Å². The van der Waals surface area contributed by atoms with Crippen LogP contribution >= 0.6 is 11.6 Å². The van der Waals surface area contributed by atoms with Crippen LogP contribution in [0.4, 0.5) is 10.1 Å². The molecule has 1 fully saturated rings. The monoisotopic (exact) mass is 363 g/mol. The Balaban J connectivity index is 1.81. The van der Waals surface area contributed by atoms with Gasteiger partial charge in [-0.05, 0) is 42.8 Å². The van der Waals surface area contributed by atoms with Crippen molar-refractivity contribution >= 4 is 23.2 Å². The van der Waals surface area contributed by atoms with Crippen LogP contribution in [0.3, 0.4) is 0 Å². The molecule has 1 saturated heterocycles. The van der Waals surface area contributed by atoms with Crippen LogP contribution < -0.4 is 16.4 Å². The number of morpholine rings is 1. The molecule has 0 aromatic heterocycles. The second kappa shape index (κ2) is 7.09.